The van der Waals surface area contributed by atoms with Gasteiger partial charge in [-0.05, 0) is 26.8 Å². The van der Waals surface area contributed by atoms with Crippen molar-refractivity contribution in [1.82, 2.24) is 20.1 Å². The summed E-state index contributed by atoms with van der Waals surface area (Å²) in [6.07, 6.45) is -0.367. The van der Waals surface area contributed by atoms with E-state index in [-0.39, 0.29) is 34.6 Å². The first-order valence-electron chi connectivity index (χ1n) is 8.64. The summed E-state index contributed by atoms with van der Waals surface area (Å²) < 4.78 is 27.3. The zero-order valence-corrected chi connectivity index (χ0v) is 17.1. The minimum atomic E-state index is -2.88. The van der Waals surface area contributed by atoms with Gasteiger partial charge in [0.2, 0.25) is 0 Å². The average molecular weight is 424 g/mol. The summed E-state index contributed by atoms with van der Waals surface area (Å²) >= 11 is 6.29. The molecule has 0 aliphatic heterocycles. The van der Waals surface area contributed by atoms with Gasteiger partial charge >= 0.3 is 0 Å². The highest BCUT2D eigenvalue weighted by Crippen LogP contribution is 2.21. The summed E-state index contributed by atoms with van der Waals surface area (Å²) in [6.45, 7) is 5.10. The van der Waals surface area contributed by atoms with E-state index in [2.05, 4.69) is 32.4 Å². The standard InChI is InChI=1S/C19H20ClF2N5O2/c1-5-6-12-7-14(20)17(23-8-12)15(26-29-11(2)3)9-24-19(28)13-10-27(4)25-16(13)18(21)22/h7-8,10-11,18H,9H2,1-4H3,(H,24,28). The van der Waals surface area contributed by atoms with Crippen molar-refractivity contribution in [3.8, 4) is 11.8 Å². The van der Waals surface area contributed by atoms with Gasteiger partial charge in [-0.3, -0.25) is 14.5 Å². The summed E-state index contributed by atoms with van der Waals surface area (Å²) in [6, 6.07) is 1.61. The fourth-order valence-electron chi connectivity index (χ4n) is 2.29. The van der Waals surface area contributed by atoms with Gasteiger partial charge < -0.3 is 10.2 Å². The van der Waals surface area contributed by atoms with E-state index in [1.165, 1.54) is 19.4 Å². The second kappa shape index (κ2) is 9.98. The van der Waals surface area contributed by atoms with Gasteiger partial charge in [0.25, 0.3) is 12.3 Å². The molecule has 0 aliphatic carbocycles. The Morgan fingerprint density at radius 2 is 2.17 bits per heavy atom. The van der Waals surface area contributed by atoms with Crippen LogP contribution in [0.25, 0.3) is 0 Å². The number of halogens is 3. The van der Waals surface area contributed by atoms with E-state index < -0.39 is 18.0 Å². The smallest absolute Gasteiger partial charge is 0.282 e. The fraction of sp³-hybridized carbons (Fsp3) is 0.368. The number of alkyl halides is 2. The van der Waals surface area contributed by atoms with E-state index in [0.29, 0.717) is 5.56 Å². The fourth-order valence-corrected chi connectivity index (χ4v) is 2.57. The first kappa shape index (κ1) is 22.3. The molecule has 0 radical (unpaired) electrons. The van der Waals surface area contributed by atoms with Crippen LogP contribution in [0.4, 0.5) is 8.78 Å². The summed E-state index contributed by atoms with van der Waals surface area (Å²) in [5.41, 5.74) is 0.316. The minimum absolute atomic E-state index is 0.144. The molecule has 0 fully saturated rings. The van der Waals surface area contributed by atoms with Gasteiger partial charge in [-0.25, -0.2) is 8.78 Å². The highest BCUT2D eigenvalue weighted by Gasteiger charge is 2.23. The number of oxime groups is 1. The summed E-state index contributed by atoms with van der Waals surface area (Å²) in [5.74, 6) is 4.86. The van der Waals surface area contributed by atoms with Crippen molar-refractivity contribution in [3.05, 3.63) is 46.0 Å². The van der Waals surface area contributed by atoms with Crippen LogP contribution in [0.1, 0.15) is 54.5 Å². The second-order valence-electron chi connectivity index (χ2n) is 6.21. The summed E-state index contributed by atoms with van der Waals surface area (Å²) in [5, 5.41) is 10.4. The van der Waals surface area contributed by atoms with Crippen molar-refractivity contribution in [3.63, 3.8) is 0 Å². The van der Waals surface area contributed by atoms with Gasteiger partial charge in [0, 0.05) is 25.0 Å². The molecule has 0 spiro atoms. The number of carbonyl (C=O) groups excluding carboxylic acids is 1. The lowest BCUT2D eigenvalue weighted by atomic mass is 10.2. The van der Waals surface area contributed by atoms with Crippen molar-refractivity contribution in [2.24, 2.45) is 12.2 Å². The molecule has 0 bridgehead atoms. The number of amides is 1. The lowest BCUT2D eigenvalue weighted by Gasteiger charge is -2.11. The Hall–Kier alpha value is -2.99. The number of aryl methyl sites for hydroxylation is 1. The number of nitrogens with one attached hydrogen (secondary N) is 1. The monoisotopic (exact) mass is 423 g/mol. The van der Waals surface area contributed by atoms with Crippen LogP contribution < -0.4 is 5.32 Å². The molecule has 0 aromatic carbocycles. The van der Waals surface area contributed by atoms with Gasteiger partial charge in [-0.2, -0.15) is 5.10 Å². The van der Waals surface area contributed by atoms with Crippen LogP contribution in [-0.4, -0.2) is 39.0 Å². The molecule has 0 atom stereocenters. The maximum Gasteiger partial charge on any atom is 0.282 e. The number of hydrogen-bond acceptors (Lipinski definition) is 5. The Labute approximate surface area is 172 Å². The van der Waals surface area contributed by atoms with Crippen molar-refractivity contribution in [1.29, 1.82) is 0 Å². The van der Waals surface area contributed by atoms with Crippen LogP contribution in [-0.2, 0) is 11.9 Å². The third-order valence-corrected chi connectivity index (χ3v) is 3.77. The lowest BCUT2D eigenvalue weighted by molar-refractivity contribution is 0.0853. The van der Waals surface area contributed by atoms with Crippen molar-refractivity contribution < 1.29 is 18.4 Å². The van der Waals surface area contributed by atoms with E-state index in [9.17, 15) is 13.6 Å². The second-order valence-corrected chi connectivity index (χ2v) is 6.61. The first-order chi connectivity index (χ1) is 13.7. The number of carbonyl (C=O) groups is 1. The average Bonchev–Trinajstić information content (AvgIpc) is 3.05. The molecule has 7 nitrogen and oxygen atoms in total. The van der Waals surface area contributed by atoms with E-state index >= 15 is 0 Å². The normalized spacial score (nSPS) is 11.4. The molecule has 1 N–H and O–H groups in total. The molecule has 0 saturated heterocycles. The maximum absolute atomic E-state index is 13.1. The molecule has 0 aliphatic rings. The number of rotatable bonds is 7. The topological polar surface area (TPSA) is 81.4 Å². The van der Waals surface area contributed by atoms with Crippen LogP contribution >= 0.6 is 11.6 Å². The molecule has 0 saturated carbocycles. The Balaban J connectivity index is 2.27. The third-order valence-electron chi connectivity index (χ3n) is 3.48. The lowest BCUT2D eigenvalue weighted by Crippen LogP contribution is -2.31. The predicted molar refractivity (Wildman–Crippen MR) is 105 cm³/mol. The van der Waals surface area contributed by atoms with Crippen LogP contribution in [0.5, 0.6) is 0 Å². The Bertz CT molecular complexity index is 977. The van der Waals surface area contributed by atoms with Crippen molar-refractivity contribution >= 4 is 23.2 Å². The quantitative estimate of drug-likeness (QED) is 0.420. The zero-order valence-electron chi connectivity index (χ0n) is 16.3. The van der Waals surface area contributed by atoms with Gasteiger partial charge in [0.05, 0.1) is 17.1 Å². The molecule has 2 aromatic rings. The SMILES string of the molecule is CC#Cc1cnc(C(CNC(=O)c2cn(C)nc2C(F)F)=NOC(C)C)c(Cl)c1. The van der Waals surface area contributed by atoms with Gasteiger partial charge in [-0.15, -0.1) is 5.92 Å². The number of nitrogens with zero attached hydrogens (tertiary/aromatic N) is 4. The number of pyridine rings is 1. The molecule has 10 heteroatoms. The Morgan fingerprint density at radius 3 is 2.76 bits per heavy atom. The summed E-state index contributed by atoms with van der Waals surface area (Å²) in [7, 11) is 1.45. The predicted octanol–water partition coefficient (Wildman–Crippen LogP) is 3.34. The molecule has 1 amide bonds. The third kappa shape index (κ3) is 5.99. The van der Waals surface area contributed by atoms with E-state index in [0.717, 1.165) is 4.68 Å². The van der Waals surface area contributed by atoms with Gasteiger partial charge in [0.15, 0.2) is 0 Å². The van der Waals surface area contributed by atoms with Crippen molar-refractivity contribution in [2.45, 2.75) is 33.3 Å². The molecule has 29 heavy (non-hydrogen) atoms. The van der Waals surface area contributed by atoms with E-state index in [1.54, 1.807) is 26.8 Å². The molecule has 2 heterocycles. The number of hydrogen-bond donors (Lipinski definition) is 1. The molecule has 0 unspecified atom stereocenters. The largest absolute Gasteiger partial charge is 0.393 e. The molecule has 2 aromatic heterocycles. The van der Waals surface area contributed by atoms with Crippen LogP contribution in [0.15, 0.2) is 23.6 Å². The Morgan fingerprint density at radius 1 is 1.45 bits per heavy atom. The number of aromatic nitrogens is 3. The van der Waals surface area contributed by atoms with Crippen LogP contribution in [0.3, 0.4) is 0 Å². The van der Waals surface area contributed by atoms with E-state index in [1.807, 2.05) is 0 Å². The Kier molecular flexibility index (Phi) is 7.67. The molecular formula is C19H20ClF2N5O2. The maximum atomic E-state index is 13.1. The van der Waals surface area contributed by atoms with Crippen molar-refractivity contribution in [2.75, 3.05) is 6.54 Å². The molecule has 2 rings (SSSR count). The first-order valence-corrected chi connectivity index (χ1v) is 9.02. The molecule has 154 valence electrons. The highest BCUT2D eigenvalue weighted by molar-refractivity contribution is 6.34. The van der Waals surface area contributed by atoms with Crippen LogP contribution in [0, 0.1) is 11.8 Å². The highest BCUT2D eigenvalue weighted by atomic mass is 35.5. The zero-order chi connectivity index (χ0) is 21.6. The van der Waals surface area contributed by atoms with E-state index in [4.69, 9.17) is 16.4 Å². The van der Waals surface area contributed by atoms with Gasteiger partial charge in [-0.1, -0.05) is 22.7 Å². The summed E-state index contributed by atoms with van der Waals surface area (Å²) in [4.78, 5) is 21.9. The molecular weight excluding hydrogens is 404 g/mol. The van der Waals surface area contributed by atoms with Gasteiger partial charge in [0.1, 0.15) is 23.2 Å². The minimum Gasteiger partial charge on any atom is -0.393 e. The van der Waals surface area contributed by atoms with Crippen LogP contribution in [0.2, 0.25) is 5.02 Å².